The number of aryl methyl sites for hydroxylation is 1. The Morgan fingerprint density at radius 3 is 2.48 bits per heavy atom. The van der Waals surface area contributed by atoms with Crippen LogP contribution in [0.25, 0.3) is 0 Å². The third-order valence-electron chi connectivity index (χ3n) is 2.71. The van der Waals surface area contributed by atoms with Gasteiger partial charge in [0.1, 0.15) is 5.75 Å². The second-order valence-corrected chi connectivity index (χ2v) is 4.49. The molecule has 124 valence electrons. The number of carbonyl (C=O) groups is 3. The van der Waals surface area contributed by atoms with Crippen LogP contribution in [0.4, 0.5) is 4.79 Å². The van der Waals surface area contributed by atoms with Crippen molar-refractivity contribution in [3.8, 4) is 5.75 Å². The Kier molecular flexibility index (Phi) is 7.91. The van der Waals surface area contributed by atoms with Gasteiger partial charge in [-0.25, -0.2) is 9.59 Å². The fourth-order valence-corrected chi connectivity index (χ4v) is 1.52. The van der Waals surface area contributed by atoms with Crippen LogP contribution in [0.5, 0.6) is 5.75 Å². The summed E-state index contributed by atoms with van der Waals surface area (Å²) in [6.07, 6.45) is 2.38. The minimum Gasteiger partial charge on any atom is -0.482 e. The quantitative estimate of drug-likeness (QED) is 0.554. The van der Waals surface area contributed by atoms with Gasteiger partial charge < -0.3 is 14.8 Å². The molecule has 7 heteroatoms. The number of urea groups is 1. The third kappa shape index (κ3) is 7.66. The lowest BCUT2D eigenvalue weighted by atomic mass is 10.2. The predicted molar refractivity (Wildman–Crippen MR) is 84.0 cm³/mol. The van der Waals surface area contributed by atoms with Gasteiger partial charge in [0.05, 0.1) is 0 Å². The number of ether oxygens (including phenoxy) is 2. The van der Waals surface area contributed by atoms with E-state index in [0.717, 1.165) is 12.0 Å². The standard InChI is InChI=1S/C16H20N2O5/c1-3-9-17-16(21)18-14(19)10-23-15(20)11-22-13-7-5-12(4-2)6-8-13/h3,5-8H,1,4,9-11H2,2H3,(H2,17,18,19,21). The normalized spacial score (nSPS) is 9.61. The van der Waals surface area contributed by atoms with Crippen molar-refractivity contribution >= 4 is 17.9 Å². The number of nitrogens with one attached hydrogen (secondary N) is 2. The van der Waals surface area contributed by atoms with E-state index < -0.39 is 24.5 Å². The first-order valence-electron chi connectivity index (χ1n) is 7.11. The van der Waals surface area contributed by atoms with E-state index in [1.165, 1.54) is 6.08 Å². The Morgan fingerprint density at radius 2 is 1.87 bits per heavy atom. The Morgan fingerprint density at radius 1 is 1.17 bits per heavy atom. The summed E-state index contributed by atoms with van der Waals surface area (Å²) in [5, 5.41) is 4.35. The van der Waals surface area contributed by atoms with Crippen LogP contribution in [0.2, 0.25) is 0 Å². The molecule has 0 saturated carbocycles. The number of hydrogen-bond donors (Lipinski definition) is 2. The van der Waals surface area contributed by atoms with Crippen LogP contribution in [-0.2, 0) is 20.7 Å². The molecule has 0 saturated heterocycles. The topological polar surface area (TPSA) is 93.7 Å². The van der Waals surface area contributed by atoms with E-state index in [1.807, 2.05) is 24.4 Å². The van der Waals surface area contributed by atoms with Crippen molar-refractivity contribution in [1.29, 1.82) is 0 Å². The van der Waals surface area contributed by atoms with Crippen LogP contribution in [0.1, 0.15) is 12.5 Å². The summed E-state index contributed by atoms with van der Waals surface area (Å²) in [4.78, 5) is 34.0. The summed E-state index contributed by atoms with van der Waals surface area (Å²) < 4.78 is 9.94. The van der Waals surface area contributed by atoms with Gasteiger partial charge in [-0.3, -0.25) is 10.1 Å². The fourth-order valence-electron chi connectivity index (χ4n) is 1.52. The molecule has 7 nitrogen and oxygen atoms in total. The Labute approximate surface area is 134 Å². The molecule has 1 aromatic carbocycles. The Bertz CT molecular complexity index is 554. The lowest BCUT2D eigenvalue weighted by molar-refractivity contribution is -0.150. The van der Waals surface area contributed by atoms with Gasteiger partial charge >= 0.3 is 12.0 Å². The monoisotopic (exact) mass is 320 g/mol. The number of carbonyl (C=O) groups excluding carboxylic acids is 3. The second-order valence-electron chi connectivity index (χ2n) is 4.49. The molecule has 3 amide bonds. The van der Waals surface area contributed by atoms with Crippen LogP contribution < -0.4 is 15.4 Å². The number of benzene rings is 1. The molecule has 23 heavy (non-hydrogen) atoms. The first kappa shape index (κ1) is 18.2. The van der Waals surface area contributed by atoms with E-state index in [9.17, 15) is 14.4 Å². The summed E-state index contributed by atoms with van der Waals surface area (Å²) >= 11 is 0. The zero-order valence-corrected chi connectivity index (χ0v) is 13.0. The van der Waals surface area contributed by atoms with Crippen LogP contribution in [0.3, 0.4) is 0 Å². The summed E-state index contributed by atoms with van der Waals surface area (Å²) in [7, 11) is 0. The molecule has 1 aromatic rings. The maximum atomic E-state index is 11.5. The molecular formula is C16H20N2O5. The van der Waals surface area contributed by atoms with Crippen LogP contribution in [0.15, 0.2) is 36.9 Å². The van der Waals surface area contributed by atoms with Gasteiger partial charge in [0.15, 0.2) is 13.2 Å². The number of esters is 1. The van der Waals surface area contributed by atoms with Crippen LogP contribution in [0, 0.1) is 0 Å². The van der Waals surface area contributed by atoms with Crippen molar-refractivity contribution in [3.63, 3.8) is 0 Å². The molecule has 0 radical (unpaired) electrons. The average molecular weight is 320 g/mol. The molecule has 2 N–H and O–H groups in total. The zero-order valence-electron chi connectivity index (χ0n) is 13.0. The zero-order chi connectivity index (χ0) is 17.1. The molecule has 0 atom stereocenters. The summed E-state index contributed by atoms with van der Waals surface area (Å²) in [5.41, 5.74) is 1.16. The molecular weight excluding hydrogens is 300 g/mol. The smallest absolute Gasteiger partial charge is 0.344 e. The lowest BCUT2D eigenvalue weighted by Gasteiger charge is -2.08. The van der Waals surface area contributed by atoms with Gasteiger partial charge in [0.2, 0.25) is 0 Å². The van der Waals surface area contributed by atoms with Crippen molar-refractivity contribution < 1.29 is 23.9 Å². The van der Waals surface area contributed by atoms with Crippen molar-refractivity contribution in [3.05, 3.63) is 42.5 Å². The maximum Gasteiger partial charge on any atom is 0.344 e. The van der Waals surface area contributed by atoms with Gasteiger partial charge in [0.25, 0.3) is 5.91 Å². The van der Waals surface area contributed by atoms with Gasteiger partial charge in [-0.15, -0.1) is 6.58 Å². The van der Waals surface area contributed by atoms with Gasteiger partial charge in [0, 0.05) is 6.54 Å². The summed E-state index contributed by atoms with van der Waals surface area (Å²) in [6.45, 7) is 4.80. The molecule has 0 bridgehead atoms. The highest BCUT2D eigenvalue weighted by atomic mass is 16.6. The van der Waals surface area contributed by atoms with Crippen LogP contribution >= 0.6 is 0 Å². The van der Waals surface area contributed by atoms with Crippen molar-refractivity contribution in [2.45, 2.75) is 13.3 Å². The summed E-state index contributed by atoms with van der Waals surface area (Å²) in [5.74, 6) is -0.897. The molecule has 0 aliphatic heterocycles. The first-order valence-corrected chi connectivity index (χ1v) is 7.11. The minimum absolute atomic E-state index is 0.226. The second kappa shape index (κ2) is 9.99. The number of rotatable bonds is 8. The number of amides is 3. The van der Waals surface area contributed by atoms with Gasteiger partial charge in [-0.05, 0) is 24.1 Å². The third-order valence-corrected chi connectivity index (χ3v) is 2.71. The van der Waals surface area contributed by atoms with Crippen molar-refractivity contribution in [2.75, 3.05) is 19.8 Å². The number of imide groups is 1. The molecule has 0 spiro atoms. The fraction of sp³-hybridized carbons (Fsp3) is 0.312. The molecule has 0 heterocycles. The average Bonchev–Trinajstić information content (AvgIpc) is 2.56. The Balaban J connectivity index is 2.24. The van der Waals surface area contributed by atoms with Gasteiger partial charge in [-0.2, -0.15) is 0 Å². The minimum atomic E-state index is -0.729. The predicted octanol–water partition coefficient (Wildman–Crippen LogP) is 1.18. The molecule has 0 aromatic heterocycles. The van der Waals surface area contributed by atoms with Crippen molar-refractivity contribution in [1.82, 2.24) is 10.6 Å². The highest BCUT2D eigenvalue weighted by Gasteiger charge is 2.11. The first-order chi connectivity index (χ1) is 11.0. The largest absolute Gasteiger partial charge is 0.482 e. The maximum absolute atomic E-state index is 11.5. The molecule has 0 unspecified atom stereocenters. The summed E-state index contributed by atoms with van der Waals surface area (Å²) in [6, 6.07) is 6.62. The lowest BCUT2D eigenvalue weighted by Crippen LogP contribution is -2.41. The molecule has 0 aliphatic rings. The highest BCUT2D eigenvalue weighted by molar-refractivity contribution is 5.95. The van der Waals surface area contributed by atoms with Gasteiger partial charge in [-0.1, -0.05) is 25.1 Å². The highest BCUT2D eigenvalue weighted by Crippen LogP contribution is 2.12. The molecule has 0 aliphatic carbocycles. The van der Waals surface area contributed by atoms with E-state index in [-0.39, 0.29) is 13.2 Å². The van der Waals surface area contributed by atoms with E-state index in [1.54, 1.807) is 12.1 Å². The SMILES string of the molecule is C=CCNC(=O)NC(=O)COC(=O)COc1ccc(CC)cc1. The van der Waals surface area contributed by atoms with Crippen LogP contribution in [-0.4, -0.2) is 37.7 Å². The van der Waals surface area contributed by atoms with E-state index in [2.05, 4.69) is 11.9 Å². The van der Waals surface area contributed by atoms with E-state index in [4.69, 9.17) is 9.47 Å². The van der Waals surface area contributed by atoms with E-state index in [0.29, 0.717) is 5.75 Å². The Hall–Kier alpha value is -2.83. The van der Waals surface area contributed by atoms with Crippen molar-refractivity contribution in [2.24, 2.45) is 0 Å². The van der Waals surface area contributed by atoms with E-state index >= 15 is 0 Å². The molecule has 1 rings (SSSR count). The molecule has 0 fully saturated rings. The number of hydrogen-bond acceptors (Lipinski definition) is 5.